The van der Waals surface area contributed by atoms with Gasteiger partial charge in [0, 0.05) is 18.5 Å². The van der Waals surface area contributed by atoms with E-state index in [1.54, 1.807) is 0 Å². The molecule has 0 aromatic heterocycles. The SMILES string of the molecule is CC1CC(NC(=O)CC(C)C2CCCCC2)CCN1. The third-order valence-electron chi connectivity index (χ3n) is 4.95. The highest BCUT2D eigenvalue weighted by Gasteiger charge is 2.24. The van der Waals surface area contributed by atoms with Crippen LogP contribution >= 0.6 is 0 Å². The lowest BCUT2D eigenvalue weighted by Gasteiger charge is -2.30. The molecule has 3 nitrogen and oxygen atoms in total. The summed E-state index contributed by atoms with van der Waals surface area (Å²) in [6, 6.07) is 0.928. The molecule has 110 valence electrons. The Morgan fingerprint density at radius 1 is 1.26 bits per heavy atom. The third kappa shape index (κ3) is 4.79. The van der Waals surface area contributed by atoms with Crippen molar-refractivity contribution >= 4 is 5.91 Å². The first kappa shape index (κ1) is 14.8. The predicted molar refractivity (Wildman–Crippen MR) is 79.0 cm³/mol. The van der Waals surface area contributed by atoms with Crippen LogP contribution in [0, 0.1) is 11.8 Å². The van der Waals surface area contributed by atoms with Gasteiger partial charge in [-0.2, -0.15) is 0 Å². The van der Waals surface area contributed by atoms with Gasteiger partial charge in [-0.3, -0.25) is 4.79 Å². The van der Waals surface area contributed by atoms with Crippen molar-refractivity contribution in [1.82, 2.24) is 10.6 Å². The van der Waals surface area contributed by atoms with Crippen molar-refractivity contribution in [1.29, 1.82) is 0 Å². The zero-order valence-electron chi connectivity index (χ0n) is 12.6. The summed E-state index contributed by atoms with van der Waals surface area (Å²) in [5.74, 6) is 1.61. The number of carbonyl (C=O) groups excluding carboxylic acids is 1. The van der Waals surface area contributed by atoms with E-state index in [1.165, 1.54) is 32.1 Å². The van der Waals surface area contributed by atoms with Crippen molar-refractivity contribution in [2.45, 2.75) is 77.3 Å². The van der Waals surface area contributed by atoms with Crippen molar-refractivity contribution in [3.8, 4) is 0 Å². The second-order valence-corrected chi connectivity index (χ2v) is 6.72. The molecule has 1 heterocycles. The Balaban J connectivity index is 1.70. The van der Waals surface area contributed by atoms with Gasteiger partial charge in [0.25, 0.3) is 0 Å². The Hall–Kier alpha value is -0.570. The fourth-order valence-electron chi connectivity index (χ4n) is 3.71. The van der Waals surface area contributed by atoms with Gasteiger partial charge >= 0.3 is 0 Å². The molecule has 2 aliphatic rings. The summed E-state index contributed by atoms with van der Waals surface area (Å²) in [5.41, 5.74) is 0. The molecule has 1 amide bonds. The van der Waals surface area contributed by atoms with Gasteiger partial charge in [-0.05, 0) is 38.1 Å². The number of piperidine rings is 1. The minimum atomic E-state index is 0.275. The van der Waals surface area contributed by atoms with E-state index in [0.717, 1.165) is 31.7 Å². The van der Waals surface area contributed by atoms with Crippen LogP contribution in [0.15, 0.2) is 0 Å². The number of hydrogen-bond acceptors (Lipinski definition) is 2. The molecular weight excluding hydrogens is 236 g/mol. The molecule has 3 heteroatoms. The standard InChI is InChI=1S/C16H30N2O/c1-12(14-6-4-3-5-7-14)10-16(19)18-15-8-9-17-13(2)11-15/h12-15,17H,3-11H2,1-2H3,(H,18,19). The van der Waals surface area contributed by atoms with E-state index in [-0.39, 0.29) is 5.91 Å². The molecule has 2 rings (SSSR count). The van der Waals surface area contributed by atoms with Crippen LogP contribution in [-0.2, 0) is 4.79 Å². The van der Waals surface area contributed by atoms with Gasteiger partial charge in [-0.25, -0.2) is 0 Å². The highest BCUT2D eigenvalue weighted by molar-refractivity contribution is 5.76. The second kappa shape index (κ2) is 7.28. The Morgan fingerprint density at radius 3 is 2.68 bits per heavy atom. The molecule has 19 heavy (non-hydrogen) atoms. The largest absolute Gasteiger partial charge is 0.353 e. The molecule has 0 spiro atoms. The monoisotopic (exact) mass is 266 g/mol. The fraction of sp³-hybridized carbons (Fsp3) is 0.938. The summed E-state index contributed by atoms with van der Waals surface area (Å²) < 4.78 is 0. The minimum Gasteiger partial charge on any atom is -0.353 e. The molecule has 0 aromatic carbocycles. The number of hydrogen-bond donors (Lipinski definition) is 2. The topological polar surface area (TPSA) is 41.1 Å². The van der Waals surface area contributed by atoms with Crippen molar-refractivity contribution < 1.29 is 4.79 Å². The van der Waals surface area contributed by atoms with E-state index >= 15 is 0 Å². The number of carbonyl (C=O) groups is 1. The number of amides is 1. The van der Waals surface area contributed by atoms with Gasteiger partial charge in [-0.1, -0.05) is 39.0 Å². The zero-order valence-corrected chi connectivity index (χ0v) is 12.6. The molecule has 1 saturated carbocycles. The lowest BCUT2D eigenvalue weighted by Crippen LogP contribution is -2.47. The first-order valence-electron chi connectivity index (χ1n) is 8.18. The van der Waals surface area contributed by atoms with Gasteiger partial charge in [0.15, 0.2) is 0 Å². The Morgan fingerprint density at radius 2 is 2.00 bits per heavy atom. The second-order valence-electron chi connectivity index (χ2n) is 6.72. The van der Waals surface area contributed by atoms with Gasteiger partial charge in [0.2, 0.25) is 5.91 Å². The Kier molecular flexibility index (Phi) is 5.68. The van der Waals surface area contributed by atoms with Crippen LogP contribution < -0.4 is 10.6 Å². The highest BCUT2D eigenvalue weighted by atomic mass is 16.1. The maximum absolute atomic E-state index is 12.1. The Labute approximate surface area is 117 Å². The van der Waals surface area contributed by atoms with E-state index in [1.807, 2.05) is 0 Å². The van der Waals surface area contributed by atoms with Crippen molar-refractivity contribution in [3.05, 3.63) is 0 Å². The molecule has 0 radical (unpaired) electrons. The molecular formula is C16H30N2O. The molecule has 1 aliphatic heterocycles. The lowest BCUT2D eigenvalue weighted by atomic mass is 9.79. The molecule has 1 aliphatic carbocycles. The fourth-order valence-corrected chi connectivity index (χ4v) is 3.71. The van der Waals surface area contributed by atoms with Gasteiger partial charge in [0.1, 0.15) is 0 Å². The summed E-state index contributed by atoms with van der Waals surface area (Å²) in [6.45, 7) is 5.49. The van der Waals surface area contributed by atoms with Crippen LogP contribution in [0.4, 0.5) is 0 Å². The average molecular weight is 266 g/mol. The molecule has 2 N–H and O–H groups in total. The molecule has 0 bridgehead atoms. The van der Waals surface area contributed by atoms with E-state index in [4.69, 9.17) is 0 Å². The normalized spacial score (nSPS) is 30.8. The molecule has 1 saturated heterocycles. The van der Waals surface area contributed by atoms with Crippen LogP contribution in [0.1, 0.15) is 65.2 Å². The van der Waals surface area contributed by atoms with Crippen molar-refractivity contribution in [2.75, 3.05) is 6.54 Å². The van der Waals surface area contributed by atoms with Crippen LogP contribution in [-0.4, -0.2) is 24.5 Å². The summed E-state index contributed by atoms with van der Waals surface area (Å²) >= 11 is 0. The van der Waals surface area contributed by atoms with E-state index in [2.05, 4.69) is 24.5 Å². The molecule has 3 atom stereocenters. The average Bonchev–Trinajstić information content (AvgIpc) is 2.39. The summed E-state index contributed by atoms with van der Waals surface area (Å²) in [4.78, 5) is 12.1. The van der Waals surface area contributed by atoms with Crippen molar-refractivity contribution in [2.24, 2.45) is 11.8 Å². The van der Waals surface area contributed by atoms with Gasteiger partial charge in [0.05, 0.1) is 0 Å². The summed E-state index contributed by atoms with van der Waals surface area (Å²) in [5, 5.41) is 6.67. The van der Waals surface area contributed by atoms with E-state index < -0.39 is 0 Å². The maximum atomic E-state index is 12.1. The first-order valence-corrected chi connectivity index (χ1v) is 8.18. The molecule has 2 fully saturated rings. The number of rotatable bonds is 4. The van der Waals surface area contributed by atoms with Gasteiger partial charge < -0.3 is 10.6 Å². The summed E-state index contributed by atoms with van der Waals surface area (Å²) in [7, 11) is 0. The quantitative estimate of drug-likeness (QED) is 0.821. The van der Waals surface area contributed by atoms with Gasteiger partial charge in [-0.15, -0.1) is 0 Å². The number of nitrogens with one attached hydrogen (secondary N) is 2. The molecule has 0 aromatic rings. The minimum absolute atomic E-state index is 0.275. The van der Waals surface area contributed by atoms with Crippen molar-refractivity contribution in [3.63, 3.8) is 0 Å². The maximum Gasteiger partial charge on any atom is 0.220 e. The smallest absolute Gasteiger partial charge is 0.220 e. The highest BCUT2D eigenvalue weighted by Crippen LogP contribution is 2.31. The van der Waals surface area contributed by atoms with E-state index in [0.29, 0.717) is 18.0 Å². The predicted octanol–water partition coefficient (Wildman–Crippen LogP) is 2.85. The summed E-state index contributed by atoms with van der Waals surface area (Å²) in [6.07, 6.45) is 9.66. The lowest BCUT2D eigenvalue weighted by molar-refractivity contribution is -0.123. The Bertz CT molecular complexity index is 286. The third-order valence-corrected chi connectivity index (χ3v) is 4.95. The molecule has 3 unspecified atom stereocenters. The van der Waals surface area contributed by atoms with Crippen LogP contribution in [0.5, 0.6) is 0 Å². The van der Waals surface area contributed by atoms with Crippen LogP contribution in [0.3, 0.4) is 0 Å². The van der Waals surface area contributed by atoms with Crippen LogP contribution in [0.25, 0.3) is 0 Å². The van der Waals surface area contributed by atoms with E-state index in [9.17, 15) is 4.79 Å². The van der Waals surface area contributed by atoms with Crippen LogP contribution in [0.2, 0.25) is 0 Å². The first-order chi connectivity index (χ1) is 9.15. The zero-order chi connectivity index (χ0) is 13.7.